The van der Waals surface area contributed by atoms with Crippen molar-refractivity contribution in [3.8, 4) is 11.8 Å². The molecule has 1 saturated heterocycles. The largest absolute Gasteiger partial charge is 0.465 e. The van der Waals surface area contributed by atoms with Gasteiger partial charge in [0.25, 0.3) is 5.56 Å². The smallest absolute Gasteiger partial charge is 0.407 e. The van der Waals surface area contributed by atoms with Crippen LogP contribution in [0.2, 0.25) is 10.2 Å². The molecule has 0 unspecified atom stereocenters. The molecule has 0 aliphatic carbocycles. The molecule has 1 fully saturated rings. The van der Waals surface area contributed by atoms with Gasteiger partial charge in [-0.1, -0.05) is 50.9 Å². The number of aromatic nitrogens is 3. The zero-order valence-corrected chi connectivity index (χ0v) is 21.9. The summed E-state index contributed by atoms with van der Waals surface area (Å²) in [5.41, 5.74) is 2.21. The number of fused-ring (bicyclic) bond motifs is 1. The van der Waals surface area contributed by atoms with Gasteiger partial charge in [0.2, 0.25) is 0 Å². The molecule has 9 nitrogen and oxygen atoms in total. The summed E-state index contributed by atoms with van der Waals surface area (Å²) in [5, 5.41) is 20.2. The number of hydrogen-bond donors (Lipinski definition) is 1. The van der Waals surface area contributed by atoms with Crippen LogP contribution in [0, 0.1) is 11.3 Å². The molecule has 3 aromatic heterocycles. The Balaban J connectivity index is 2.11. The van der Waals surface area contributed by atoms with Gasteiger partial charge in [0.1, 0.15) is 16.8 Å². The van der Waals surface area contributed by atoms with E-state index in [4.69, 9.17) is 23.2 Å². The van der Waals surface area contributed by atoms with Crippen LogP contribution in [0.4, 0.5) is 10.5 Å². The van der Waals surface area contributed by atoms with Crippen LogP contribution in [0.3, 0.4) is 0 Å². The molecule has 36 heavy (non-hydrogen) atoms. The molecule has 1 aliphatic rings. The van der Waals surface area contributed by atoms with Gasteiger partial charge in [-0.3, -0.25) is 14.3 Å². The summed E-state index contributed by atoms with van der Waals surface area (Å²) in [4.78, 5) is 37.7. The molecule has 1 amide bonds. The number of piperazine rings is 1. The molecule has 0 atom stereocenters. The first-order valence-electron chi connectivity index (χ1n) is 11.6. The van der Waals surface area contributed by atoms with Gasteiger partial charge in [0.15, 0.2) is 5.65 Å². The third kappa shape index (κ3) is 4.36. The first-order valence-corrected chi connectivity index (χ1v) is 12.4. The highest BCUT2D eigenvalue weighted by Crippen LogP contribution is 2.37. The number of amides is 1. The fraction of sp³-hybridized carbons (Fsp3) is 0.400. The van der Waals surface area contributed by atoms with E-state index in [0.717, 1.165) is 5.56 Å². The van der Waals surface area contributed by atoms with E-state index in [1.165, 1.54) is 9.47 Å². The fourth-order valence-corrected chi connectivity index (χ4v) is 4.91. The summed E-state index contributed by atoms with van der Waals surface area (Å²) in [6, 6.07) is 5.58. The van der Waals surface area contributed by atoms with Crippen molar-refractivity contribution in [3.05, 3.63) is 55.7 Å². The molecule has 4 rings (SSSR count). The van der Waals surface area contributed by atoms with Crippen molar-refractivity contribution < 1.29 is 9.90 Å². The van der Waals surface area contributed by atoms with E-state index in [1.54, 1.807) is 12.3 Å². The topological polar surface area (TPSA) is 115 Å². The summed E-state index contributed by atoms with van der Waals surface area (Å²) in [6.07, 6.45) is 0.714. The zero-order chi connectivity index (χ0) is 26.3. The molecule has 0 spiro atoms. The van der Waals surface area contributed by atoms with E-state index in [-0.39, 0.29) is 46.3 Å². The monoisotopic (exact) mass is 528 g/mol. The quantitative estimate of drug-likeness (QED) is 0.473. The average molecular weight is 529 g/mol. The van der Waals surface area contributed by atoms with Crippen molar-refractivity contribution >= 4 is 46.0 Å². The molecule has 3 aromatic rings. The Kier molecular flexibility index (Phi) is 7.12. The van der Waals surface area contributed by atoms with E-state index in [9.17, 15) is 20.0 Å². The number of nitriles is 1. The van der Waals surface area contributed by atoms with E-state index < -0.39 is 11.7 Å². The molecule has 0 radical (unpaired) electrons. The SMILES string of the molecule is CC(C)c1ccnc(C(C)C)c1-n1c(=O)c(C#N)c(N2CCN(C(=O)O)CC2)c2cc(Cl)c(Cl)nc21. The summed E-state index contributed by atoms with van der Waals surface area (Å²) in [5.74, 6) is 0.0391. The molecule has 0 aromatic carbocycles. The van der Waals surface area contributed by atoms with Crippen LogP contribution in [0.25, 0.3) is 16.7 Å². The van der Waals surface area contributed by atoms with Crippen LogP contribution in [0.5, 0.6) is 0 Å². The fourth-order valence-electron chi connectivity index (χ4n) is 4.62. The van der Waals surface area contributed by atoms with Crippen molar-refractivity contribution in [2.24, 2.45) is 0 Å². The van der Waals surface area contributed by atoms with E-state index >= 15 is 0 Å². The minimum Gasteiger partial charge on any atom is -0.465 e. The maximum absolute atomic E-state index is 14.1. The normalized spacial score (nSPS) is 14.1. The Labute approximate surface area is 218 Å². The number of hydrogen-bond acceptors (Lipinski definition) is 6. The lowest BCUT2D eigenvalue weighted by Gasteiger charge is -2.35. The number of halogens is 2. The third-order valence-corrected chi connectivity index (χ3v) is 7.06. The molecule has 11 heteroatoms. The van der Waals surface area contributed by atoms with Gasteiger partial charge in [0, 0.05) is 37.8 Å². The van der Waals surface area contributed by atoms with Crippen LogP contribution in [0.1, 0.15) is 56.4 Å². The van der Waals surface area contributed by atoms with E-state index in [0.29, 0.717) is 35.5 Å². The highest BCUT2D eigenvalue weighted by atomic mass is 35.5. The molecular weight excluding hydrogens is 503 g/mol. The average Bonchev–Trinajstić information content (AvgIpc) is 2.84. The molecular formula is C25H26Cl2N6O3. The first-order chi connectivity index (χ1) is 17.1. The molecule has 0 saturated carbocycles. The predicted molar refractivity (Wildman–Crippen MR) is 140 cm³/mol. The van der Waals surface area contributed by atoms with Crippen LogP contribution < -0.4 is 10.5 Å². The number of nitrogens with zero attached hydrogens (tertiary/aromatic N) is 6. The molecule has 1 N–H and O–H groups in total. The molecule has 188 valence electrons. The first kappa shape index (κ1) is 25.7. The van der Waals surface area contributed by atoms with Gasteiger partial charge in [-0.15, -0.1) is 0 Å². The summed E-state index contributed by atoms with van der Waals surface area (Å²) in [7, 11) is 0. The number of carbonyl (C=O) groups is 1. The lowest BCUT2D eigenvalue weighted by Crippen LogP contribution is -2.49. The summed E-state index contributed by atoms with van der Waals surface area (Å²) >= 11 is 12.7. The van der Waals surface area contributed by atoms with Gasteiger partial charge in [-0.05, 0) is 29.5 Å². The van der Waals surface area contributed by atoms with E-state index in [2.05, 4.69) is 16.0 Å². The lowest BCUT2D eigenvalue weighted by molar-refractivity contribution is 0.142. The third-order valence-electron chi connectivity index (χ3n) is 6.39. The van der Waals surface area contributed by atoms with Crippen molar-refractivity contribution in [2.75, 3.05) is 31.1 Å². The van der Waals surface area contributed by atoms with Crippen LogP contribution in [0.15, 0.2) is 23.1 Å². The highest BCUT2D eigenvalue weighted by molar-refractivity contribution is 6.41. The second-order valence-corrected chi connectivity index (χ2v) is 10.1. The van der Waals surface area contributed by atoms with Crippen LogP contribution in [-0.2, 0) is 0 Å². The standard InChI is InChI=1S/C25H26Cl2N6O3/c1-13(2)15-5-6-29-19(14(3)4)21(15)33-23-16(11-18(26)22(27)30-23)20(17(12-28)24(33)34)31-7-9-32(10-8-31)25(35)36/h5-6,11,13-14H,7-10H2,1-4H3,(H,35,36). The Hall–Kier alpha value is -3.35. The number of rotatable bonds is 4. The second kappa shape index (κ2) is 9.96. The zero-order valence-electron chi connectivity index (χ0n) is 20.4. The predicted octanol–water partition coefficient (Wildman–Crippen LogP) is 5.01. The van der Waals surface area contributed by atoms with Crippen LogP contribution >= 0.6 is 23.2 Å². The molecule has 0 bridgehead atoms. The van der Waals surface area contributed by atoms with Gasteiger partial charge in [-0.2, -0.15) is 5.26 Å². The Morgan fingerprint density at radius 1 is 1.11 bits per heavy atom. The van der Waals surface area contributed by atoms with Gasteiger partial charge < -0.3 is 14.9 Å². The van der Waals surface area contributed by atoms with Crippen molar-refractivity contribution in [1.82, 2.24) is 19.4 Å². The molecule has 1 aliphatic heterocycles. The second-order valence-electron chi connectivity index (χ2n) is 9.31. The van der Waals surface area contributed by atoms with Crippen molar-refractivity contribution in [2.45, 2.75) is 39.5 Å². The van der Waals surface area contributed by atoms with Gasteiger partial charge >= 0.3 is 6.09 Å². The Bertz CT molecular complexity index is 1430. The van der Waals surface area contributed by atoms with Gasteiger partial charge in [0.05, 0.1) is 22.1 Å². The van der Waals surface area contributed by atoms with Crippen molar-refractivity contribution in [1.29, 1.82) is 5.26 Å². The minimum atomic E-state index is -1.01. The maximum atomic E-state index is 14.1. The minimum absolute atomic E-state index is 0.0160. The Morgan fingerprint density at radius 3 is 2.33 bits per heavy atom. The van der Waals surface area contributed by atoms with Gasteiger partial charge in [-0.25, -0.2) is 9.78 Å². The number of carboxylic acid groups (broad SMARTS) is 1. The van der Waals surface area contributed by atoms with Crippen molar-refractivity contribution in [3.63, 3.8) is 0 Å². The highest BCUT2D eigenvalue weighted by Gasteiger charge is 2.30. The summed E-state index contributed by atoms with van der Waals surface area (Å²) in [6.45, 7) is 9.10. The maximum Gasteiger partial charge on any atom is 0.407 e. The molecule has 4 heterocycles. The number of pyridine rings is 3. The van der Waals surface area contributed by atoms with Crippen LogP contribution in [-0.4, -0.2) is 56.8 Å². The number of anilines is 1. The summed E-state index contributed by atoms with van der Waals surface area (Å²) < 4.78 is 1.44. The lowest BCUT2D eigenvalue weighted by atomic mass is 9.96. The van der Waals surface area contributed by atoms with E-state index in [1.807, 2.05) is 38.7 Å². The Morgan fingerprint density at radius 2 is 1.78 bits per heavy atom.